The first-order valence-corrected chi connectivity index (χ1v) is 7.04. The molecule has 0 saturated heterocycles. The van der Waals surface area contributed by atoms with Gasteiger partial charge in [0.05, 0.1) is 18.3 Å². The van der Waals surface area contributed by atoms with Gasteiger partial charge >= 0.3 is 23.9 Å². The second-order valence-corrected chi connectivity index (χ2v) is 5.14. The third-order valence-electron chi connectivity index (χ3n) is 3.81. The van der Waals surface area contributed by atoms with Crippen molar-refractivity contribution in [3.05, 3.63) is 0 Å². The molecule has 11 nitrogen and oxygen atoms in total. The Balaban J connectivity index is 5.97. The van der Waals surface area contributed by atoms with Gasteiger partial charge in [0, 0.05) is 12.1 Å². The highest BCUT2D eigenvalue weighted by Gasteiger charge is 2.47. The van der Waals surface area contributed by atoms with E-state index in [1.54, 1.807) is 0 Å². The molecule has 24 heavy (non-hydrogen) atoms. The van der Waals surface area contributed by atoms with Gasteiger partial charge in [-0.25, -0.2) is 0 Å². The van der Waals surface area contributed by atoms with Crippen molar-refractivity contribution in [2.24, 2.45) is 11.8 Å². The SMILES string of the molecule is CNC(CC(=O)O)C(C(=O)O)C(NC)C(C(=O)O)C(NC)C(=O)O. The van der Waals surface area contributed by atoms with Crippen LogP contribution in [0.2, 0.25) is 0 Å². The van der Waals surface area contributed by atoms with Gasteiger partial charge in [0.2, 0.25) is 0 Å². The molecule has 0 rings (SSSR count). The maximum atomic E-state index is 11.7. The van der Waals surface area contributed by atoms with Gasteiger partial charge in [-0.05, 0) is 21.1 Å². The average Bonchev–Trinajstić information content (AvgIpc) is 2.47. The molecule has 0 spiro atoms. The Morgan fingerprint density at radius 3 is 1.50 bits per heavy atom. The average molecular weight is 349 g/mol. The Labute approximate surface area is 138 Å². The van der Waals surface area contributed by atoms with Crippen molar-refractivity contribution < 1.29 is 39.6 Å². The molecule has 5 unspecified atom stereocenters. The minimum absolute atomic E-state index is 0.574. The van der Waals surface area contributed by atoms with Crippen molar-refractivity contribution in [2.75, 3.05) is 21.1 Å². The van der Waals surface area contributed by atoms with Crippen LogP contribution in [0.3, 0.4) is 0 Å². The summed E-state index contributed by atoms with van der Waals surface area (Å²) in [5.41, 5.74) is 0. The highest BCUT2D eigenvalue weighted by atomic mass is 16.4. The van der Waals surface area contributed by atoms with E-state index in [4.69, 9.17) is 5.11 Å². The van der Waals surface area contributed by atoms with Crippen LogP contribution in [0.15, 0.2) is 0 Å². The van der Waals surface area contributed by atoms with E-state index >= 15 is 0 Å². The minimum Gasteiger partial charge on any atom is -0.481 e. The summed E-state index contributed by atoms with van der Waals surface area (Å²) in [6.07, 6.45) is -0.574. The molecule has 0 aromatic rings. The summed E-state index contributed by atoms with van der Waals surface area (Å²) in [4.78, 5) is 45.5. The summed E-state index contributed by atoms with van der Waals surface area (Å²) in [5, 5.41) is 44.4. The third kappa shape index (κ3) is 5.44. The third-order valence-corrected chi connectivity index (χ3v) is 3.81. The van der Waals surface area contributed by atoms with Crippen LogP contribution in [0.4, 0.5) is 0 Å². The van der Waals surface area contributed by atoms with Gasteiger partial charge in [-0.15, -0.1) is 0 Å². The molecule has 0 aromatic heterocycles. The van der Waals surface area contributed by atoms with E-state index in [1.165, 1.54) is 21.1 Å². The lowest BCUT2D eigenvalue weighted by atomic mass is 9.78. The summed E-state index contributed by atoms with van der Waals surface area (Å²) in [6, 6.07) is -4.01. The van der Waals surface area contributed by atoms with Crippen molar-refractivity contribution in [2.45, 2.75) is 24.5 Å². The molecule has 0 heterocycles. The molecule has 0 aliphatic heterocycles. The lowest BCUT2D eigenvalue weighted by Gasteiger charge is -2.35. The molecule has 0 bridgehead atoms. The molecule has 138 valence electrons. The molecule has 0 aliphatic carbocycles. The summed E-state index contributed by atoms with van der Waals surface area (Å²) < 4.78 is 0. The second kappa shape index (κ2) is 9.80. The van der Waals surface area contributed by atoms with Crippen LogP contribution in [0, 0.1) is 11.8 Å². The van der Waals surface area contributed by atoms with E-state index in [2.05, 4.69) is 16.0 Å². The van der Waals surface area contributed by atoms with Crippen LogP contribution in [0.25, 0.3) is 0 Å². The Hall–Kier alpha value is -2.24. The number of carboxylic acids is 4. The zero-order chi connectivity index (χ0) is 19.0. The largest absolute Gasteiger partial charge is 0.481 e. The minimum atomic E-state index is -1.65. The molecule has 0 aliphatic rings. The van der Waals surface area contributed by atoms with Gasteiger partial charge in [0.15, 0.2) is 0 Å². The van der Waals surface area contributed by atoms with Crippen molar-refractivity contribution >= 4 is 23.9 Å². The lowest BCUT2D eigenvalue weighted by molar-refractivity contribution is -0.155. The lowest BCUT2D eigenvalue weighted by Crippen LogP contribution is -2.60. The maximum absolute atomic E-state index is 11.7. The van der Waals surface area contributed by atoms with Crippen molar-refractivity contribution in [1.82, 2.24) is 16.0 Å². The smallest absolute Gasteiger partial charge is 0.321 e. The van der Waals surface area contributed by atoms with E-state index in [1.807, 2.05) is 0 Å². The fourth-order valence-corrected chi connectivity index (χ4v) is 2.72. The van der Waals surface area contributed by atoms with Gasteiger partial charge in [-0.3, -0.25) is 19.2 Å². The number of rotatable bonds is 12. The van der Waals surface area contributed by atoms with Crippen molar-refractivity contribution in [1.29, 1.82) is 0 Å². The molecule has 0 amide bonds. The standard InChI is InChI=1S/C13H23N3O8/c1-14-5(4-6(17)18)7(11(19)20)9(15-2)8(12(21)22)10(16-3)13(23)24/h5,7-10,14-16H,4H2,1-3H3,(H,17,18)(H,19,20)(H,21,22)(H,23,24). The molecule has 0 saturated carbocycles. The van der Waals surface area contributed by atoms with E-state index in [9.17, 15) is 34.5 Å². The van der Waals surface area contributed by atoms with Gasteiger partial charge < -0.3 is 36.4 Å². The number of nitrogens with one attached hydrogen (secondary N) is 3. The first kappa shape index (κ1) is 21.8. The van der Waals surface area contributed by atoms with Crippen molar-refractivity contribution in [3.63, 3.8) is 0 Å². The Morgan fingerprint density at radius 1 is 0.750 bits per heavy atom. The summed E-state index contributed by atoms with van der Waals surface area (Å²) in [5.74, 6) is -8.84. The zero-order valence-electron chi connectivity index (χ0n) is 13.5. The molecule has 0 radical (unpaired) electrons. The molecule has 0 aromatic carbocycles. The van der Waals surface area contributed by atoms with E-state index in [0.29, 0.717) is 0 Å². The molecule has 7 N–H and O–H groups in total. The fraction of sp³-hybridized carbons (Fsp3) is 0.692. The molecular weight excluding hydrogens is 326 g/mol. The van der Waals surface area contributed by atoms with Crippen LogP contribution in [-0.2, 0) is 19.2 Å². The molecular formula is C13H23N3O8. The van der Waals surface area contributed by atoms with Gasteiger partial charge in [0.1, 0.15) is 6.04 Å². The van der Waals surface area contributed by atoms with Gasteiger partial charge in [-0.1, -0.05) is 0 Å². The molecule has 5 atom stereocenters. The van der Waals surface area contributed by atoms with E-state index < -0.39 is 60.3 Å². The van der Waals surface area contributed by atoms with Gasteiger partial charge in [-0.2, -0.15) is 0 Å². The number of carbonyl (C=O) groups is 4. The number of hydrogen-bond donors (Lipinski definition) is 7. The maximum Gasteiger partial charge on any atom is 0.321 e. The summed E-state index contributed by atoms with van der Waals surface area (Å²) in [6.45, 7) is 0. The second-order valence-electron chi connectivity index (χ2n) is 5.14. The van der Waals surface area contributed by atoms with E-state index in [0.717, 1.165) is 0 Å². The predicted octanol–water partition coefficient (Wildman–Crippen LogP) is -2.29. The Kier molecular flexibility index (Phi) is 8.89. The molecule has 0 fully saturated rings. The highest BCUT2D eigenvalue weighted by Crippen LogP contribution is 2.23. The number of likely N-dealkylation sites (N-methyl/N-ethyl adjacent to an activating group) is 1. The van der Waals surface area contributed by atoms with Crippen LogP contribution < -0.4 is 16.0 Å². The van der Waals surface area contributed by atoms with E-state index in [-0.39, 0.29) is 0 Å². The Bertz CT molecular complexity index is 484. The first-order valence-electron chi connectivity index (χ1n) is 7.04. The van der Waals surface area contributed by atoms with Crippen LogP contribution in [0.5, 0.6) is 0 Å². The Morgan fingerprint density at radius 2 is 1.25 bits per heavy atom. The van der Waals surface area contributed by atoms with Gasteiger partial charge in [0.25, 0.3) is 0 Å². The predicted molar refractivity (Wildman–Crippen MR) is 80.7 cm³/mol. The quantitative estimate of drug-likeness (QED) is 0.201. The van der Waals surface area contributed by atoms with Crippen LogP contribution in [0.1, 0.15) is 6.42 Å². The van der Waals surface area contributed by atoms with Crippen LogP contribution in [-0.4, -0.2) is 83.6 Å². The number of hydrogen-bond acceptors (Lipinski definition) is 7. The van der Waals surface area contributed by atoms with Crippen molar-refractivity contribution in [3.8, 4) is 0 Å². The normalized spacial score (nSPS) is 17.3. The summed E-state index contributed by atoms with van der Waals surface area (Å²) >= 11 is 0. The number of aliphatic carboxylic acids is 4. The summed E-state index contributed by atoms with van der Waals surface area (Å²) in [7, 11) is 3.88. The first-order chi connectivity index (χ1) is 11.1. The fourth-order valence-electron chi connectivity index (χ4n) is 2.72. The molecule has 11 heteroatoms. The zero-order valence-corrected chi connectivity index (χ0v) is 13.5. The van der Waals surface area contributed by atoms with Crippen LogP contribution >= 0.6 is 0 Å². The highest BCUT2D eigenvalue weighted by molar-refractivity contribution is 5.84. The topological polar surface area (TPSA) is 185 Å². The number of carboxylic acid groups (broad SMARTS) is 4. The monoisotopic (exact) mass is 349 g/mol.